The van der Waals surface area contributed by atoms with Crippen molar-refractivity contribution in [1.29, 1.82) is 0 Å². The van der Waals surface area contributed by atoms with E-state index in [0.29, 0.717) is 11.7 Å². The van der Waals surface area contributed by atoms with Crippen LogP contribution >= 0.6 is 0 Å². The van der Waals surface area contributed by atoms with Crippen molar-refractivity contribution < 1.29 is 9.53 Å². The highest BCUT2D eigenvalue weighted by Crippen LogP contribution is 2.23. The largest absolute Gasteiger partial charge is 0.494 e. The molecule has 1 aliphatic heterocycles. The molecule has 0 spiro atoms. The Morgan fingerprint density at radius 2 is 2.24 bits per heavy atom. The average molecular weight is 343 g/mol. The standard InChI is InChI=1S/C20H29N3O2/c1-4-10-23(3)20(24)19-14-15-13-17(7-8-18(15)21-19)25-12-9-16-6-5-11-22(16)2/h7-8,13-14,16,21H,4-6,9-12H2,1-3H3. The molecule has 1 N–H and O–H groups in total. The highest BCUT2D eigenvalue weighted by atomic mass is 16.5. The summed E-state index contributed by atoms with van der Waals surface area (Å²) in [6.45, 7) is 4.76. The number of rotatable bonds is 7. The van der Waals surface area contributed by atoms with Gasteiger partial charge in [-0.1, -0.05) is 6.92 Å². The molecule has 25 heavy (non-hydrogen) atoms. The molecule has 0 radical (unpaired) electrons. The van der Waals surface area contributed by atoms with Gasteiger partial charge >= 0.3 is 0 Å². The van der Waals surface area contributed by atoms with Crippen molar-refractivity contribution in [1.82, 2.24) is 14.8 Å². The highest BCUT2D eigenvalue weighted by molar-refractivity contribution is 5.98. The summed E-state index contributed by atoms with van der Waals surface area (Å²) in [6.07, 6.45) is 4.58. The average Bonchev–Trinajstić information content (AvgIpc) is 3.20. The molecule has 0 bridgehead atoms. The van der Waals surface area contributed by atoms with Crippen molar-refractivity contribution in [2.75, 3.05) is 33.8 Å². The number of nitrogens with zero attached hydrogens (tertiary/aromatic N) is 2. The quantitative estimate of drug-likeness (QED) is 0.837. The predicted molar refractivity (Wildman–Crippen MR) is 101 cm³/mol. The number of hydrogen-bond donors (Lipinski definition) is 1. The van der Waals surface area contributed by atoms with Gasteiger partial charge in [0, 0.05) is 30.5 Å². The minimum Gasteiger partial charge on any atom is -0.494 e. The van der Waals surface area contributed by atoms with Crippen molar-refractivity contribution >= 4 is 16.8 Å². The fraction of sp³-hybridized carbons (Fsp3) is 0.550. The van der Waals surface area contributed by atoms with Crippen LogP contribution in [0.5, 0.6) is 5.75 Å². The van der Waals surface area contributed by atoms with Crippen molar-refractivity contribution in [2.45, 2.75) is 38.6 Å². The number of carbonyl (C=O) groups is 1. The number of H-pyrrole nitrogens is 1. The number of nitrogens with one attached hydrogen (secondary N) is 1. The summed E-state index contributed by atoms with van der Waals surface area (Å²) >= 11 is 0. The Morgan fingerprint density at radius 3 is 2.96 bits per heavy atom. The van der Waals surface area contributed by atoms with E-state index in [4.69, 9.17) is 4.74 Å². The van der Waals surface area contributed by atoms with Crippen LogP contribution in [0.25, 0.3) is 10.9 Å². The first kappa shape index (κ1) is 17.8. The van der Waals surface area contributed by atoms with Crippen LogP contribution in [-0.4, -0.2) is 60.5 Å². The third-order valence-electron chi connectivity index (χ3n) is 5.12. The summed E-state index contributed by atoms with van der Waals surface area (Å²) in [4.78, 5) is 19.8. The molecule has 2 heterocycles. The summed E-state index contributed by atoms with van der Waals surface area (Å²) in [5.74, 6) is 0.901. The van der Waals surface area contributed by atoms with E-state index in [1.54, 1.807) is 4.90 Å². The predicted octanol–water partition coefficient (Wildman–Crippen LogP) is 3.51. The second-order valence-corrected chi connectivity index (χ2v) is 7.07. The number of hydrogen-bond acceptors (Lipinski definition) is 3. The van der Waals surface area contributed by atoms with Crippen LogP contribution < -0.4 is 4.74 Å². The van der Waals surface area contributed by atoms with E-state index < -0.39 is 0 Å². The third kappa shape index (κ3) is 4.15. The Bertz CT molecular complexity index is 725. The van der Waals surface area contributed by atoms with Gasteiger partial charge in [-0.2, -0.15) is 0 Å². The molecule has 3 rings (SSSR count). The Hall–Kier alpha value is -2.01. The maximum absolute atomic E-state index is 12.4. The second kappa shape index (κ2) is 7.91. The van der Waals surface area contributed by atoms with Crippen LogP contribution in [0.1, 0.15) is 43.1 Å². The highest BCUT2D eigenvalue weighted by Gasteiger charge is 2.20. The van der Waals surface area contributed by atoms with Crippen LogP contribution in [0.2, 0.25) is 0 Å². The van der Waals surface area contributed by atoms with E-state index in [2.05, 4.69) is 23.9 Å². The van der Waals surface area contributed by atoms with Crippen molar-refractivity contribution in [3.63, 3.8) is 0 Å². The molecule has 5 heteroatoms. The lowest BCUT2D eigenvalue weighted by Gasteiger charge is -2.19. The fourth-order valence-electron chi connectivity index (χ4n) is 3.62. The van der Waals surface area contributed by atoms with Crippen LogP contribution in [-0.2, 0) is 0 Å². The summed E-state index contributed by atoms with van der Waals surface area (Å²) in [7, 11) is 4.03. The van der Waals surface area contributed by atoms with Gasteiger partial charge in [0.05, 0.1) is 6.61 Å². The monoisotopic (exact) mass is 343 g/mol. The van der Waals surface area contributed by atoms with Gasteiger partial charge in [0.2, 0.25) is 0 Å². The van der Waals surface area contributed by atoms with Gasteiger partial charge in [0.25, 0.3) is 5.91 Å². The molecule has 5 nitrogen and oxygen atoms in total. The molecule has 1 amide bonds. The van der Waals surface area contributed by atoms with Gasteiger partial charge in [-0.15, -0.1) is 0 Å². The second-order valence-electron chi connectivity index (χ2n) is 7.07. The fourth-order valence-corrected chi connectivity index (χ4v) is 3.62. The van der Waals surface area contributed by atoms with E-state index in [0.717, 1.165) is 42.6 Å². The Balaban J connectivity index is 1.62. The Labute approximate surface area is 149 Å². The normalized spacial score (nSPS) is 18.0. The molecular formula is C20H29N3O2. The van der Waals surface area contributed by atoms with Crippen LogP contribution in [0, 0.1) is 0 Å². The smallest absolute Gasteiger partial charge is 0.270 e. The number of aromatic amines is 1. The summed E-state index contributed by atoms with van der Waals surface area (Å²) in [6, 6.07) is 8.54. The Morgan fingerprint density at radius 1 is 1.40 bits per heavy atom. The minimum atomic E-state index is 0.0322. The molecule has 1 aromatic heterocycles. The van der Waals surface area contributed by atoms with Gasteiger partial charge in [-0.05, 0) is 63.5 Å². The van der Waals surface area contributed by atoms with E-state index in [1.165, 1.54) is 19.4 Å². The van der Waals surface area contributed by atoms with Gasteiger partial charge in [0.1, 0.15) is 11.4 Å². The zero-order valence-electron chi connectivity index (χ0n) is 15.5. The summed E-state index contributed by atoms with van der Waals surface area (Å²) in [5, 5.41) is 1.02. The first-order chi connectivity index (χ1) is 12.1. The zero-order valence-corrected chi connectivity index (χ0v) is 15.5. The zero-order chi connectivity index (χ0) is 17.8. The number of fused-ring (bicyclic) bond motifs is 1. The lowest BCUT2D eigenvalue weighted by atomic mass is 10.1. The third-order valence-corrected chi connectivity index (χ3v) is 5.12. The molecule has 1 fully saturated rings. The van der Waals surface area contributed by atoms with E-state index in [-0.39, 0.29) is 5.91 Å². The molecule has 1 aromatic carbocycles. The number of amides is 1. The summed E-state index contributed by atoms with van der Waals surface area (Å²) < 4.78 is 5.94. The van der Waals surface area contributed by atoms with E-state index >= 15 is 0 Å². The number of aromatic nitrogens is 1. The topological polar surface area (TPSA) is 48.6 Å². The van der Waals surface area contributed by atoms with Crippen molar-refractivity contribution in [3.05, 3.63) is 30.0 Å². The SMILES string of the molecule is CCCN(C)C(=O)c1cc2cc(OCCC3CCCN3C)ccc2[nH]1. The van der Waals surface area contributed by atoms with Gasteiger partial charge in [-0.25, -0.2) is 0 Å². The molecule has 1 aliphatic rings. The number of benzene rings is 1. The van der Waals surface area contributed by atoms with Crippen molar-refractivity contribution in [2.24, 2.45) is 0 Å². The first-order valence-electron chi connectivity index (χ1n) is 9.29. The maximum Gasteiger partial charge on any atom is 0.270 e. The molecule has 2 aromatic rings. The van der Waals surface area contributed by atoms with Crippen LogP contribution in [0.4, 0.5) is 0 Å². The lowest BCUT2D eigenvalue weighted by molar-refractivity contribution is 0.0790. The van der Waals surface area contributed by atoms with Gasteiger partial charge in [-0.3, -0.25) is 4.79 Å². The molecule has 0 saturated carbocycles. The first-order valence-corrected chi connectivity index (χ1v) is 9.29. The van der Waals surface area contributed by atoms with E-state index in [1.807, 2.05) is 31.3 Å². The minimum absolute atomic E-state index is 0.0322. The summed E-state index contributed by atoms with van der Waals surface area (Å²) in [5.41, 5.74) is 1.60. The molecular weight excluding hydrogens is 314 g/mol. The van der Waals surface area contributed by atoms with Gasteiger partial charge in [0.15, 0.2) is 0 Å². The molecule has 1 saturated heterocycles. The van der Waals surface area contributed by atoms with Gasteiger partial charge < -0.3 is 19.5 Å². The Kier molecular flexibility index (Phi) is 5.63. The molecule has 136 valence electrons. The van der Waals surface area contributed by atoms with Crippen LogP contribution in [0.15, 0.2) is 24.3 Å². The molecule has 1 unspecified atom stereocenters. The molecule has 1 atom stereocenters. The van der Waals surface area contributed by atoms with Crippen molar-refractivity contribution in [3.8, 4) is 5.75 Å². The lowest BCUT2D eigenvalue weighted by Crippen LogP contribution is -2.27. The molecule has 0 aliphatic carbocycles. The van der Waals surface area contributed by atoms with Crippen LogP contribution in [0.3, 0.4) is 0 Å². The number of likely N-dealkylation sites (tertiary alicyclic amines) is 1. The van der Waals surface area contributed by atoms with E-state index in [9.17, 15) is 4.79 Å². The maximum atomic E-state index is 12.4. The number of carbonyl (C=O) groups excluding carboxylic acids is 1. The number of ether oxygens (including phenoxy) is 1.